The molecule has 0 aliphatic carbocycles. The molecule has 5 nitrogen and oxygen atoms in total. The molecule has 0 radical (unpaired) electrons. The maximum atomic E-state index is 12.2. The van der Waals surface area contributed by atoms with Crippen molar-refractivity contribution >= 4 is 17.5 Å². The van der Waals surface area contributed by atoms with Crippen molar-refractivity contribution in [2.75, 3.05) is 18.4 Å². The third-order valence-electron chi connectivity index (χ3n) is 3.82. The minimum atomic E-state index is -0.148. The third kappa shape index (κ3) is 4.43. The number of benzene rings is 1. The summed E-state index contributed by atoms with van der Waals surface area (Å²) in [5.41, 5.74) is 1.28. The number of piperidine rings is 1. The first-order valence-corrected chi connectivity index (χ1v) is 7.63. The van der Waals surface area contributed by atoms with Crippen LogP contribution in [-0.4, -0.2) is 30.9 Å². The van der Waals surface area contributed by atoms with Gasteiger partial charge in [0.25, 0.3) is 5.91 Å². The second kappa shape index (κ2) is 7.75. The number of hydrogen-bond acceptors (Lipinski definition) is 3. The number of hydrogen-bond donors (Lipinski definition) is 3. The molecule has 0 aromatic heterocycles. The molecule has 1 aromatic rings. The van der Waals surface area contributed by atoms with Crippen LogP contribution in [0.25, 0.3) is 0 Å². The Balaban J connectivity index is 1.91. The van der Waals surface area contributed by atoms with Crippen LogP contribution in [0.4, 0.5) is 5.69 Å². The first-order chi connectivity index (χ1) is 10.6. The highest BCUT2D eigenvalue weighted by atomic mass is 16.2. The van der Waals surface area contributed by atoms with Crippen LogP contribution in [0.5, 0.6) is 0 Å². The lowest BCUT2D eigenvalue weighted by Crippen LogP contribution is -2.40. The Morgan fingerprint density at radius 1 is 1.36 bits per heavy atom. The van der Waals surface area contributed by atoms with Gasteiger partial charge in [-0.3, -0.25) is 9.59 Å². The minimum absolute atomic E-state index is 0.0480. The zero-order chi connectivity index (χ0) is 15.9. The highest BCUT2D eigenvalue weighted by Gasteiger charge is 2.24. The summed E-state index contributed by atoms with van der Waals surface area (Å²) >= 11 is 0. The molecule has 2 rings (SSSR count). The fourth-order valence-corrected chi connectivity index (χ4v) is 2.59. The van der Waals surface area contributed by atoms with Gasteiger partial charge in [-0.25, -0.2) is 0 Å². The Hall–Kier alpha value is -2.14. The van der Waals surface area contributed by atoms with Crippen molar-refractivity contribution in [3.63, 3.8) is 0 Å². The van der Waals surface area contributed by atoms with E-state index in [1.807, 2.05) is 0 Å². The van der Waals surface area contributed by atoms with Crippen LogP contribution in [0.3, 0.4) is 0 Å². The zero-order valence-corrected chi connectivity index (χ0v) is 12.9. The van der Waals surface area contributed by atoms with E-state index < -0.39 is 0 Å². The number of nitrogens with one attached hydrogen (secondary N) is 3. The normalized spacial score (nSPS) is 21.0. The first kappa shape index (κ1) is 16.2. The monoisotopic (exact) mass is 301 g/mol. The highest BCUT2D eigenvalue weighted by molar-refractivity contribution is 5.96. The molecule has 0 spiro atoms. The van der Waals surface area contributed by atoms with Crippen LogP contribution >= 0.6 is 0 Å². The summed E-state index contributed by atoms with van der Waals surface area (Å²) in [6, 6.07) is 7.30. The van der Waals surface area contributed by atoms with E-state index in [1.54, 1.807) is 30.3 Å². The van der Waals surface area contributed by atoms with Gasteiger partial charge in [0.05, 0.1) is 0 Å². The van der Waals surface area contributed by atoms with E-state index in [4.69, 9.17) is 0 Å². The van der Waals surface area contributed by atoms with Crippen molar-refractivity contribution in [3.05, 3.63) is 42.5 Å². The maximum Gasteiger partial charge on any atom is 0.251 e. The SMILES string of the molecule is C=CCNC(=O)c1ccc(NC(=O)[C@H]2CCN[C@@H](C)C2)cc1. The Kier molecular flexibility index (Phi) is 5.72. The molecule has 0 unspecified atom stereocenters. The molecule has 2 amide bonds. The van der Waals surface area contributed by atoms with Crippen LogP contribution in [0, 0.1) is 5.92 Å². The molecule has 1 fully saturated rings. The van der Waals surface area contributed by atoms with E-state index in [9.17, 15) is 9.59 Å². The largest absolute Gasteiger partial charge is 0.349 e. The van der Waals surface area contributed by atoms with Crippen LogP contribution in [0.15, 0.2) is 36.9 Å². The van der Waals surface area contributed by atoms with E-state index >= 15 is 0 Å². The summed E-state index contributed by atoms with van der Waals surface area (Å²) < 4.78 is 0. The average Bonchev–Trinajstić information content (AvgIpc) is 2.53. The lowest BCUT2D eigenvalue weighted by molar-refractivity contribution is -0.120. The quantitative estimate of drug-likeness (QED) is 0.728. The van der Waals surface area contributed by atoms with Gasteiger partial charge in [-0.1, -0.05) is 6.08 Å². The predicted molar refractivity (Wildman–Crippen MR) is 87.8 cm³/mol. The molecule has 3 N–H and O–H groups in total. The van der Waals surface area contributed by atoms with E-state index in [1.165, 1.54) is 0 Å². The van der Waals surface area contributed by atoms with Gasteiger partial charge in [0.1, 0.15) is 0 Å². The topological polar surface area (TPSA) is 70.2 Å². The van der Waals surface area contributed by atoms with E-state index in [0.717, 1.165) is 25.1 Å². The molecule has 1 aliphatic rings. The molecule has 1 heterocycles. The van der Waals surface area contributed by atoms with Gasteiger partial charge in [-0.2, -0.15) is 0 Å². The molecule has 1 aliphatic heterocycles. The smallest absolute Gasteiger partial charge is 0.251 e. The third-order valence-corrected chi connectivity index (χ3v) is 3.82. The standard InChI is InChI=1S/C17H23N3O2/c1-3-9-19-16(21)13-4-6-15(7-5-13)20-17(22)14-8-10-18-12(2)11-14/h3-7,12,14,18H,1,8-11H2,2H3,(H,19,21)(H,20,22)/t12-,14-/m0/s1. The number of carbonyl (C=O) groups excluding carboxylic acids is 2. The average molecular weight is 301 g/mol. The second-order valence-electron chi connectivity index (χ2n) is 5.64. The van der Waals surface area contributed by atoms with Crippen LogP contribution in [0.2, 0.25) is 0 Å². The lowest BCUT2D eigenvalue weighted by atomic mass is 9.92. The van der Waals surface area contributed by atoms with Crippen molar-refractivity contribution in [1.29, 1.82) is 0 Å². The molecule has 5 heteroatoms. The fraction of sp³-hybridized carbons (Fsp3) is 0.412. The Morgan fingerprint density at radius 2 is 2.09 bits per heavy atom. The van der Waals surface area contributed by atoms with E-state index in [-0.39, 0.29) is 17.7 Å². The van der Waals surface area contributed by atoms with E-state index in [2.05, 4.69) is 29.5 Å². The van der Waals surface area contributed by atoms with Gasteiger partial charge in [0, 0.05) is 29.8 Å². The van der Waals surface area contributed by atoms with Crippen LogP contribution in [0.1, 0.15) is 30.1 Å². The molecular formula is C17H23N3O2. The predicted octanol–water partition coefficient (Wildman–Crippen LogP) is 1.93. The van der Waals surface area contributed by atoms with Gasteiger partial charge in [0.15, 0.2) is 0 Å². The maximum absolute atomic E-state index is 12.2. The first-order valence-electron chi connectivity index (χ1n) is 7.63. The minimum Gasteiger partial charge on any atom is -0.349 e. The number of rotatable bonds is 5. The Morgan fingerprint density at radius 3 is 2.73 bits per heavy atom. The molecule has 0 bridgehead atoms. The summed E-state index contributed by atoms with van der Waals surface area (Å²) in [4.78, 5) is 24.0. The van der Waals surface area contributed by atoms with Gasteiger partial charge < -0.3 is 16.0 Å². The molecule has 0 saturated carbocycles. The van der Waals surface area contributed by atoms with Gasteiger partial charge in [-0.15, -0.1) is 6.58 Å². The summed E-state index contributed by atoms with van der Waals surface area (Å²) in [6.45, 7) is 6.96. The van der Waals surface area contributed by atoms with Gasteiger partial charge in [-0.05, 0) is 50.6 Å². The molecule has 1 saturated heterocycles. The zero-order valence-electron chi connectivity index (χ0n) is 12.9. The van der Waals surface area contributed by atoms with Crippen LogP contribution in [-0.2, 0) is 4.79 Å². The Labute approximate surface area is 131 Å². The lowest BCUT2D eigenvalue weighted by Gasteiger charge is -2.27. The molecule has 118 valence electrons. The number of anilines is 1. The van der Waals surface area contributed by atoms with Crippen molar-refractivity contribution in [3.8, 4) is 0 Å². The summed E-state index contributed by atoms with van der Waals surface area (Å²) in [7, 11) is 0. The van der Waals surface area contributed by atoms with E-state index in [0.29, 0.717) is 18.2 Å². The van der Waals surface area contributed by atoms with Crippen molar-refractivity contribution in [1.82, 2.24) is 10.6 Å². The van der Waals surface area contributed by atoms with Gasteiger partial charge in [0.2, 0.25) is 5.91 Å². The Bertz CT molecular complexity index is 539. The summed E-state index contributed by atoms with van der Waals surface area (Å²) in [5.74, 6) is -0.0472. The number of amides is 2. The van der Waals surface area contributed by atoms with Crippen molar-refractivity contribution in [2.45, 2.75) is 25.8 Å². The summed E-state index contributed by atoms with van der Waals surface area (Å²) in [5, 5.41) is 8.98. The molecule has 2 atom stereocenters. The number of carbonyl (C=O) groups is 2. The summed E-state index contributed by atoms with van der Waals surface area (Å²) in [6.07, 6.45) is 3.35. The fourth-order valence-electron chi connectivity index (χ4n) is 2.59. The molecular weight excluding hydrogens is 278 g/mol. The van der Waals surface area contributed by atoms with Gasteiger partial charge >= 0.3 is 0 Å². The molecule has 1 aromatic carbocycles. The molecule has 22 heavy (non-hydrogen) atoms. The second-order valence-corrected chi connectivity index (χ2v) is 5.64. The van der Waals surface area contributed by atoms with Crippen LogP contribution < -0.4 is 16.0 Å². The van der Waals surface area contributed by atoms with Crippen molar-refractivity contribution in [2.24, 2.45) is 5.92 Å². The van der Waals surface area contributed by atoms with Crippen molar-refractivity contribution < 1.29 is 9.59 Å². The highest BCUT2D eigenvalue weighted by Crippen LogP contribution is 2.19.